The molecule has 1 aromatic carbocycles. The second-order valence-corrected chi connectivity index (χ2v) is 5.96. The van der Waals surface area contributed by atoms with Crippen LogP contribution in [0.25, 0.3) is 16.6 Å². The van der Waals surface area contributed by atoms with Crippen LogP contribution < -0.4 is 16.1 Å². The number of hydrogen-bond donors (Lipinski definition) is 1. The topological polar surface area (TPSA) is 72.3 Å². The molecule has 3 heterocycles. The SMILES string of the molecule is Cc1c2c(=O)n(-c3ccc(F)cc3)[nH]c2cc(=O)n1N1CCOCC1. The molecule has 0 atom stereocenters. The third-order valence-electron chi connectivity index (χ3n) is 4.43. The lowest BCUT2D eigenvalue weighted by Crippen LogP contribution is -2.49. The smallest absolute Gasteiger partial charge is 0.280 e. The number of fused-ring (bicyclic) bond motifs is 1. The van der Waals surface area contributed by atoms with E-state index < -0.39 is 0 Å². The number of H-pyrrole nitrogens is 1. The van der Waals surface area contributed by atoms with E-state index in [1.165, 1.54) is 39.7 Å². The number of rotatable bonds is 2. The van der Waals surface area contributed by atoms with E-state index in [9.17, 15) is 14.0 Å². The number of morpholine rings is 1. The fraction of sp³-hybridized carbons (Fsp3) is 0.294. The van der Waals surface area contributed by atoms with Crippen LogP contribution >= 0.6 is 0 Å². The summed E-state index contributed by atoms with van der Waals surface area (Å²) < 4.78 is 21.3. The van der Waals surface area contributed by atoms with Crippen molar-refractivity contribution >= 4 is 10.9 Å². The highest BCUT2D eigenvalue weighted by molar-refractivity contribution is 5.80. The normalized spacial score (nSPS) is 15.0. The van der Waals surface area contributed by atoms with E-state index in [1.54, 1.807) is 6.92 Å². The van der Waals surface area contributed by atoms with Gasteiger partial charge in [0.15, 0.2) is 0 Å². The number of ether oxygens (including phenoxy) is 1. The lowest BCUT2D eigenvalue weighted by molar-refractivity contribution is 0.110. The Morgan fingerprint density at radius 3 is 2.48 bits per heavy atom. The summed E-state index contributed by atoms with van der Waals surface area (Å²) in [7, 11) is 0. The largest absolute Gasteiger partial charge is 0.378 e. The van der Waals surface area contributed by atoms with Crippen molar-refractivity contribution < 1.29 is 9.13 Å². The van der Waals surface area contributed by atoms with Crippen molar-refractivity contribution in [3.05, 3.63) is 62.6 Å². The lowest BCUT2D eigenvalue weighted by Gasteiger charge is -2.31. The minimum Gasteiger partial charge on any atom is -0.378 e. The maximum atomic E-state index is 13.1. The van der Waals surface area contributed by atoms with E-state index in [0.29, 0.717) is 48.6 Å². The predicted molar refractivity (Wildman–Crippen MR) is 91.6 cm³/mol. The van der Waals surface area contributed by atoms with E-state index in [-0.39, 0.29) is 16.9 Å². The van der Waals surface area contributed by atoms with E-state index in [1.807, 2.05) is 5.01 Å². The highest BCUT2D eigenvalue weighted by atomic mass is 19.1. The Bertz CT molecular complexity index is 1040. The van der Waals surface area contributed by atoms with E-state index in [4.69, 9.17) is 4.74 Å². The van der Waals surface area contributed by atoms with Gasteiger partial charge in [-0.05, 0) is 31.2 Å². The van der Waals surface area contributed by atoms with E-state index in [0.717, 1.165) is 0 Å². The molecule has 1 aliphatic heterocycles. The van der Waals surface area contributed by atoms with Crippen molar-refractivity contribution in [2.45, 2.75) is 6.92 Å². The highest BCUT2D eigenvalue weighted by Crippen LogP contribution is 2.14. The summed E-state index contributed by atoms with van der Waals surface area (Å²) in [6.45, 7) is 4.00. The molecule has 0 bridgehead atoms. The second-order valence-electron chi connectivity index (χ2n) is 5.96. The Morgan fingerprint density at radius 1 is 1.12 bits per heavy atom. The van der Waals surface area contributed by atoms with Crippen LogP contribution in [0.4, 0.5) is 4.39 Å². The number of halogens is 1. The van der Waals surface area contributed by atoms with Gasteiger partial charge in [0.05, 0.1) is 48.6 Å². The zero-order valence-corrected chi connectivity index (χ0v) is 13.7. The van der Waals surface area contributed by atoms with Crippen LogP contribution in [0.3, 0.4) is 0 Å². The molecule has 1 fully saturated rings. The Morgan fingerprint density at radius 2 is 1.80 bits per heavy atom. The zero-order chi connectivity index (χ0) is 17.6. The molecule has 8 heteroatoms. The maximum absolute atomic E-state index is 13.1. The summed E-state index contributed by atoms with van der Waals surface area (Å²) in [6.07, 6.45) is 0. The van der Waals surface area contributed by atoms with Crippen LogP contribution in [0.2, 0.25) is 0 Å². The summed E-state index contributed by atoms with van der Waals surface area (Å²) in [5.41, 5.74) is 1.06. The van der Waals surface area contributed by atoms with Gasteiger partial charge in [-0.2, -0.15) is 0 Å². The molecule has 0 amide bonds. The summed E-state index contributed by atoms with van der Waals surface area (Å²) in [4.78, 5) is 25.4. The van der Waals surface area contributed by atoms with Crippen LogP contribution in [0.5, 0.6) is 0 Å². The van der Waals surface area contributed by atoms with Gasteiger partial charge in [-0.1, -0.05) is 0 Å². The van der Waals surface area contributed by atoms with Crippen LogP contribution in [0, 0.1) is 12.7 Å². The first-order valence-electron chi connectivity index (χ1n) is 8.02. The summed E-state index contributed by atoms with van der Waals surface area (Å²) >= 11 is 0. The molecule has 0 aliphatic carbocycles. The van der Waals surface area contributed by atoms with E-state index in [2.05, 4.69) is 5.10 Å². The second kappa shape index (κ2) is 5.89. The van der Waals surface area contributed by atoms with Gasteiger partial charge in [0, 0.05) is 6.07 Å². The van der Waals surface area contributed by atoms with E-state index >= 15 is 0 Å². The Hall–Kier alpha value is -2.87. The van der Waals surface area contributed by atoms with Crippen molar-refractivity contribution in [2.24, 2.45) is 0 Å². The van der Waals surface area contributed by atoms with Crippen molar-refractivity contribution in [3.8, 4) is 5.69 Å². The van der Waals surface area contributed by atoms with Gasteiger partial charge >= 0.3 is 0 Å². The number of nitrogens with one attached hydrogen (secondary N) is 1. The molecule has 7 nitrogen and oxygen atoms in total. The molecule has 0 radical (unpaired) electrons. The van der Waals surface area contributed by atoms with Crippen molar-refractivity contribution in [3.63, 3.8) is 0 Å². The number of aromatic amines is 1. The molecule has 25 heavy (non-hydrogen) atoms. The Kier molecular flexibility index (Phi) is 3.69. The molecule has 0 unspecified atom stereocenters. The first kappa shape index (κ1) is 15.6. The molecular formula is C17H17FN4O3. The average Bonchev–Trinajstić information content (AvgIpc) is 2.93. The number of benzene rings is 1. The van der Waals surface area contributed by atoms with Crippen LogP contribution in [0.1, 0.15) is 5.69 Å². The Labute approximate surface area is 141 Å². The zero-order valence-electron chi connectivity index (χ0n) is 13.7. The van der Waals surface area contributed by atoms with Crippen LogP contribution in [0.15, 0.2) is 39.9 Å². The molecule has 0 spiro atoms. The van der Waals surface area contributed by atoms with Crippen LogP contribution in [-0.2, 0) is 4.74 Å². The molecule has 1 saturated heterocycles. The quantitative estimate of drug-likeness (QED) is 0.750. The van der Waals surface area contributed by atoms with Gasteiger partial charge in [0.25, 0.3) is 11.1 Å². The highest BCUT2D eigenvalue weighted by Gasteiger charge is 2.19. The number of pyridine rings is 1. The molecule has 0 saturated carbocycles. The number of aryl methyl sites for hydroxylation is 1. The molecule has 2 aromatic heterocycles. The molecule has 4 rings (SSSR count). The molecule has 130 valence electrons. The third-order valence-corrected chi connectivity index (χ3v) is 4.43. The maximum Gasteiger partial charge on any atom is 0.280 e. The first-order valence-corrected chi connectivity index (χ1v) is 8.02. The molecular weight excluding hydrogens is 327 g/mol. The van der Waals surface area contributed by atoms with Crippen molar-refractivity contribution in [1.29, 1.82) is 0 Å². The number of hydrogen-bond acceptors (Lipinski definition) is 4. The van der Waals surface area contributed by atoms with Gasteiger partial charge in [0.2, 0.25) is 0 Å². The van der Waals surface area contributed by atoms with Gasteiger partial charge in [-0.25, -0.2) is 13.7 Å². The van der Waals surface area contributed by atoms with Crippen molar-refractivity contribution in [2.75, 3.05) is 31.3 Å². The molecule has 3 aromatic rings. The summed E-state index contributed by atoms with van der Waals surface area (Å²) in [5.74, 6) is -0.379. The number of aromatic nitrogens is 3. The fourth-order valence-corrected chi connectivity index (χ4v) is 3.24. The minimum absolute atomic E-state index is 0.209. The standard InChI is InChI=1S/C17H17FN4O3/c1-11-16-14(10-15(23)22(11)20-6-8-25-9-7-20)19-21(17(16)24)13-4-2-12(18)3-5-13/h2-5,10,19H,6-9H2,1H3. The van der Waals surface area contributed by atoms with Gasteiger partial charge in [0.1, 0.15) is 5.82 Å². The predicted octanol–water partition coefficient (Wildman–Crippen LogP) is 0.896. The Balaban J connectivity index is 1.92. The summed E-state index contributed by atoms with van der Waals surface area (Å²) in [5, 5.41) is 5.26. The lowest BCUT2D eigenvalue weighted by atomic mass is 10.2. The van der Waals surface area contributed by atoms with Gasteiger partial charge in [-0.3, -0.25) is 14.7 Å². The van der Waals surface area contributed by atoms with Gasteiger partial charge < -0.3 is 9.75 Å². The average molecular weight is 344 g/mol. The molecule has 1 N–H and O–H groups in total. The minimum atomic E-state index is -0.379. The molecule has 1 aliphatic rings. The van der Waals surface area contributed by atoms with Crippen LogP contribution in [-0.4, -0.2) is 40.8 Å². The monoisotopic (exact) mass is 344 g/mol. The number of nitrogens with zero attached hydrogens (tertiary/aromatic N) is 3. The third kappa shape index (κ3) is 2.54. The first-order chi connectivity index (χ1) is 12.1. The van der Waals surface area contributed by atoms with Gasteiger partial charge in [-0.15, -0.1) is 0 Å². The fourth-order valence-electron chi connectivity index (χ4n) is 3.24. The summed E-state index contributed by atoms with van der Waals surface area (Å²) in [6, 6.07) is 7.00. The van der Waals surface area contributed by atoms with Crippen molar-refractivity contribution in [1.82, 2.24) is 14.5 Å².